The van der Waals surface area contributed by atoms with E-state index in [9.17, 15) is 0 Å². The maximum atomic E-state index is 2.27. The van der Waals surface area contributed by atoms with Crippen molar-refractivity contribution in [2.75, 3.05) is 0 Å². The van der Waals surface area contributed by atoms with Crippen LogP contribution in [-0.4, -0.2) is 0 Å². The lowest BCUT2D eigenvalue weighted by Gasteiger charge is -2.28. The van der Waals surface area contributed by atoms with Gasteiger partial charge in [-0.15, -0.1) is 0 Å². The molecule has 92 valence electrons. The summed E-state index contributed by atoms with van der Waals surface area (Å²) in [6.07, 6.45) is 17.4. The Labute approximate surface area is 110 Å². The lowest BCUT2D eigenvalue weighted by atomic mass is 9.76. The largest absolute Gasteiger partial charge is 0.0780 e. The Morgan fingerprint density at radius 2 is 1.78 bits per heavy atom. The minimum atomic E-state index is 0.214. The number of hydrogen-bond donors (Lipinski definition) is 0. The molecule has 0 fully saturated rings. The quantitative estimate of drug-likeness (QED) is 0.646. The van der Waals surface area contributed by atoms with E-state index in [1.807, 2.05) is 6.07 Å². The minimum absolute atomic E-state index is 0.214. The summed E-state index contributed by atoms with van der Waals surface area (Å²) >= 11 is 0. The van der Waals surface area contributed by atoms with E-state index < -0.39 is 0 Å². The molecule has 1 aromatic carbocycles. The van der Waals surface area contributed by atoms with Gasteiger partial charge in [-0.25, -0.2) is 0 Å². The second-order valence-electron chi connectivity index (χ2n) is 5.25. The first-order chi connectivity index (χ1) is 8.68. The maximum Gasteiger partial charge on any atom is 0.00387 e. The molecule has 18 heavy (non-hydrogen) atoms. The number of allylic oxidation sites excluding steroid dienone is 7. The molecule has 0 aromatic heterocycles. The highest BCUT2D eigenvalue weighted by Gasteiger charge is 2.23. The van der Waals surface area contributed by atoms with E-state index in [0.717, 1.165) is 0 Å². The first-order valence-corrected chi connectivity index (χ1v) is 6.44. The summed E-state index contributed by atoms with van der Waals surface area (Å²) in [7, 11) is 0. The smallest absolute Gasteiger partial charge is 0.00387 e. The van der Waals surface area contributed by atoms with Crippen LogP contribution >= 0.6 is 0 Å². The van der Waals surface area contributed by atoms with Crippen molar-refractivity contribution in [3.05, 3.63) is 78.4 Å². The Balaban J connectivity index is 1.98. The van der Waals surface area contributed by atoms with Crippen LogP contribution in [0.25, 0.3) is 6.08 Å². The predicted octanol–water partition coefficient (Wildman–Crippen LogP) is 5.02. The molecule has 2 rings (SSSR count). The average molecular weight is 236 g/mol. The molecule has 1 aromatic rings. The first kappa shape index (κ1) is 12.6. The van der Waals surface area contributed by atoms with Crippen LogP contribution in [0.1, 0.15) is 19.4 Å². The number of benzene rings is 1. The van der Waals surface area contributed by atoms with E-state index in [1.54, 1.807) is 0 Å². The van der Waals surface area contributed by atoms with Crippen molar-refractivity contribution in [1.29, 1.82) is 0 Å². The monoisotopic (exact) mass is 236 g/mol. The molecule has 0 heteroatoms. The highest BCUT2D eigenvalue weighted by atomic mass is 14.3. The van der Waals surface area contributed by atoms with Crippen LogP contribution in [0.15, 0.2) is 72.9 Å². The maximum absolute atomic E-state index is 2.27. The van der Waals surface area contributed by atoms with Gasteiger partial charge in [0.2, 0.25) is 0 Å². The molecular weight excluding hydrogens is 216 g/mol. The molecule has 0 radical (unpaired) electrons. The summed E-state index contributed by atoms with van der Waals surface area (Å²) in [6.45, 7) is 4.53. The molecular formula is C18H20. The summed E-state index contributed by atoms with van der Waals surface area (Å²) < 4.78 is 0. The van der Waals surface area contributed by atoms with E-state index >= 15 is 0 Å². The van der Waals surface area contributed by atoms with Gasteiger partial charge in [0.05, 0.1) is 0 Å². The topological polar surface area (TPSA) is 0 Å². The lowest BCUT2D eigenvalue weighted by molar-refractivity contribution is 0.397. The van der Waals surface area contributed by atoms with Gasteiger partial charge in [0, 0.05) is 5.92 Å². The second-order valence-corrected chi connectivity index (χ2v) is 5.25. The van der Waals surface area contributed by atoms with Gasteiger partial charge in [0.25, 0.3) is 0 Å². The fourth-order valence-electron chi connectivity index (χ4n) is 2.07. The summed E-state index contributed by atoms with van der Waals surface area (Å²) in [5.74, 6) is 0.475. The van der Waals surface area contributed by atoms with Gasteiger partial charge in [-0.05, 0) is 11.0 Å². The van der Waals surface area contributed by atoms with Crippen LogP contribution in [0, 0.1) is 11.3 Å². The van der Waals surface area contributed by atoms with Crippen LogP contribution in [0.3, 0.4) is 0 Å². The molecule has 1 unspecified atom stereocenters. The van der Waals surface area contributed by atoms with Gasteiger partial charge in [-0.3, -0.25) is 0 Å². The molecule has 0 N–H and O–H groups in total. The molecule has 0 bridgehead atoms. The van der Waals surface area contributed by atoms with E-state index in [0.29, 0.717) is 5.92 Å². The average Bonchev–Trinajstić information content (AvgIpc) is 2.37. The highest BCUT2D eigenvalue weighted by molar-refractivity contribution is 5.50. The van der Waals surface area contributed by atoms with E-state index in [-0.39, 0.29) is 5.41 Å². The van der Waals surface area contributed by atoms with Gasteiger partial charge in [0.1, 0.15) is 0 Å². The van der Waals surface area contributed by atoms with Crippen molar-refractivity contribution < 1.29 is 0 Å². The highest BCUT2D eigenvalue weighted by Crippen LogP contribution is 2.33. The fourth-order valence-corrected chi connectivity index (χ4v) is 2.07. The zero-order valence-electron chi connectivity index (χ0n) is 11.1. The van der Waals surface area contributed by atoms with Crippen molar-refractivity contribution in [2.45, 2.75) is 13.8 Å². The SMILES string of the molecule is CC1(C)C=CC=CC1C=CC=Cc1ccccc1. The second kappa shape index (κ2) is 5.68. The van der Waals surface area contributed by atoms with Crippen LogP contribution < -0.4 is 0 Å². The van der Waals surface area contributed by atoms with Crippen LogP contribution in [-0.2, 0) is 0 Å². The van der Waals surface area contributed by atoms with Gasteiger partial charge in [0.15, 0.2) is 0 Å². The van der Waals surface area contributed by atoms with Crippen molar-refractivity contribution in [3.8, 4) is 0 Å². The van der Waals surface area contributed by atoms with Crippen molar-refractivity contribution in [2.24, 2.45) is 11.3 Å². The first-order valence-electron chi connectivity index (χ1n) is 6.44. The van der Waals surface area contributed by atoms with Crippen LogP contribution in [0.4, 0.5) is 0 Å². The number of hydrogen-bond acceptors (Lipinski definition) is 0. The predicted molar refractivity (Wildman–Crippen MR) is 80.2 cm³/mol. The molecule has 1 aliphatic rings. The Morgan fingerprint density at radius 1 is 1.00 bits per heavy atom. The summed E-state index contributed by atoms with van der Waals surface area (Å²) in [4.78, 5) is 0. The summed E-state index contributed by atoms with van der Waals surface area (Å²) in [5, 5.41) is 0. The third kappa shape index (κ3) is 3.33. The molecule has 1 aliphatic carbocycles. The molecule has 0 spiro atoms. The van der Waals surface area contributed by atoms with Crippen molar-refractivity contribution in [3.63, 3.8) is 0 Å². The van der Waals surface area contributed by atoms with E-state index in [1.165, 1.54) is 5.56 Å². The molecule has 0 amide bonds. The lowest BCUT2D eigenvalue weighted by Crippen LogP contribution is -2.19. The van der Waals surface area contributed by atoms with E-state index in [2.05, 4.69) is 86.7 Å². The molecule has 0 nitrogen and oxygen atoms in total. The van der Waals surface area contributed by atoms with Gasteiger partial charge >= 0.3 is 0 Å². The Morgan fingerprint density at radius 3 is 2.50 bits per heavy atom. The molecule has 0 heterocycles. The van der Waals surface area contributed by atoms with Crippen molar-refractivity contribution in [1.82, 2.24) is 0 Å². The summed E-state index contributed by atoms with van der Waals surface area (Å²) in [6, 6.07) is 10.4. The molecule has 0 saturated carbocycles. The Hall–Kier alpha value is -1.82. The Bertz CT molecular complexity index is 484. The van der Waals surface area contributed by atoms with Gasteiger partial charge in [-0.2, -0.15) is 0 Å². The third-order valence-electron chi connectivity index (χ3n) is 3.33. The van der Waals surface area contributed by atoms with Crippen LogP contribution in [0.2, 0.25) is 0 Å². The molecule has 0 aliphatic heterocycles. The molecule has 0 saturated heterocycles. The Kier molecular flexibility index (Phi) is 3.99. The van der Waals surface area contributed by atoms with Crippen LogP contribution in [0.5, 0.6) is 0 Å². The van der Waals surface area contributed by atoms with Crippen molar-refractivity contribution >= 4 is 6.08 Å². The van der Waals surface area contributed by atoms with Gasteiger partial charge < -0.3 is 0 Å². The summed E-state index contributed by atoms with van der Waals surface area (Å²) in [5.41, 5.74) is 1.45. The number of rotatable bonds is 3. The zero-order valence-corrected chi connectivity index (χ0v) is 11.1. The normalized spacial score (nSPS) is 22.0. The third-order valence-corrected chi connectivity index (χ3v) is 3.33. The molecule has 1 atom stereocenters. The van der Waals surface area contributed by atoms with E-state index in [4.69, 9.17) is 0 Å². The zero-order chi connectivity index (χ0) is 12.8. The fraction of sp³-hybridized carbons (Fsp3) is 0.222. The standard InChI is InChI=1S/C18H20/c1-18(2)15-9-8-14-17(18)13-7-6-12-16-10-4-3-5-11-16/h3-15,17H,1-2H3. The minimum Gasteiger partial charge on any atom is -0.0780 e. The van der Waals surface area contributed by atoms with Gasteiger partial charge in [-0.1, -0.05) is 92.8 Å².